The first-order valence-electron chi connectivity index (χ1n) is 7.74. The Morgan fingerprint density at radius 1 is 1.18 bits per heavy atom. The van der Waals surface area contributed by atoms with E-state index in [2.05, 4.69) is 11.8 Å². The van der Waals surface area contributed by atoms with Gasteiger partial charge in [-0.05, 0) is 31.4 Å². The number of halogens is 1. The molecular weight excluding hydrogens is 302 g/mol. The number of aliphatic carboxylic acids is 1. The maximum atomic E-state index is 10.6. The van der Waals surface area contributed by atoms with Crippen molar-refractivity contribution in [2.45, 2.75) is 45.1 Å². The molecule has 2 rings (SSSR count). The van der Waals surface area contributed by atoms with Crippen LogP contribution >= 0.6 is 12.4 Å². The van der Waals surface area contributed by atoms with Crippen LogP contribution in [0.3, 0.4) is 0 Å². The lowest BCUT2D eigenvalue weighted by Gasteiger charge is -2.38. The number of piperidine rings is 1. The summed E-state index contributed by atoms with van der Waals surface area (Å²) in [5, 5.41) is 18.3. The maximum absolute atomic E-state index is 10.6. The second-order valence-corrected chi connectivity index (χ2v) is 5.49. The molecule has 1 heterocycles. The van der Waals surface area contributed by atoms with Gasteiger partial charge in [0, 0.05) is 19.5 Å². The highest BCUT2D eigenvalue weighted by molar-refractivity contribution is 5.85. The van der Waals surface area contributed by atoms with E-state index in [9.17, 15) is 9.90 Å². The SMILES string of the molecule is CCC(=O)O.CCCN1CCC(O)(c2ccccc2)CC1.Cl. The van der Waals surface area contributed by atoms with Crippen molar-refractivity contribution < 1.29 is 15.0 Å². The van der Waals surface area contributed by atoms with E-state index in [1.807, 2.05) is 30.3 Å². The van der Waals surface area contributed by atoms with Gasteiger partial charge in [0.1, 0.15) is 0 Å². The molecule has 2 N–H and O–H groups in total. The average molecular weight is 330 g/mol. The molecule has 1 aliphatic heterocycles. The summed E-state index contributed by atoms with van der Waals surface area (Å²) in [6, 6.07) is 10.1. The van der Waals surface area contributed by atoms with Gasteiger partial charge >= 0.3 is 5.97 Å². The number of hydrogen-bond donors (Lipinski definition) is 2. The van der Waals surface area contributed by atoms with Crippen molar-refractivity contribution >= 4 is 18.4 Å². The molecule has 126 valence electrons. The van der Waals surface area contributed by atoms with Gasteiger partial charge in [0.05, 0.1) is 5.60 Å². The van der Waals surface area contributed by atoms with Crippen LogP contribution in [0, 0.1) is 0 Å². The fraction of sp³-hybridized carbons (Fsp3) is 0.588. The Kier molecular flexibility index (Phi) is 10.1. The number of aliphatic hydroxyl groups is 1. The van der Waals surface area contributed by atoms with E-state index < -0.39 is 11.6 Å². The monoisotopic (exact) mass is 329 g/mol. The van der Waals surface area contributed by atoms with Gasteiger partial charge in [0.2, 0.25) is 0 Å². The van der Waals surface area contributed by atoms with E-state index >= 15 is 0 Å². The minimum atomic E-state index is -0.745. The molecule has 0 bridgehead atoms. The van der Waals surface area contributed by atoms with Crippen molar-refractivity contribution in [3.63, 3.8) is 0 Å². The first-order chi connectivity index (χ1) is 10.0. The largest absolute Gasteiger partial charge is 0.481 e. The minimum Gasteiger partial charge on any atom is -0.481 e. The summed E-state index contributed by atoms with van der Waals surface area (Å²) < 4.78 is 0. The Morgan fingerprint density at radius 2 is 1.68 bits per heavy atom. The van der Waals surface area contributed by atoms with Crippen LogP contribution < -0.4 is 0 Å². The highest BCUT2D eigenvalue weighted by Gasteiger charge is 2.33. The zero-order valence-electron chi connectivity index (χ0n) is 13.5. The molecule has 1 aliphatic rings. The predicted molar refractivity (Wildman–Crippen MR) is 91.5 cm³/mol. The number of hydrogen-bond acceptors (Lipinski definition) is 3. The molecule has 0 aromatic heterocycles. The molecule has 0 radical (unpaired) electrons. The van der Waals surface area contributed by atoms with E-state index in [0.29, 0.717) is 0 Å². The highest BCUT2D eigenvalue weighted by atomic mass is 35.5. The quantitative estimate of drug-likeness (QED) is 0.890. The zero-order valence-corrected chi connectivity index (χ0v) is 14.3. The topological polar surface area (TPSA) is 60.8 Å². The molecule has 1 fully saturated rings. The lowest BCUT2D eigenvalue weighted by molar-refractivity contribution is -0.136. The second kappa shape index (κ2) is 10.6. The summed E-state index contributed by atoms with van der Waals surface area (Å²) >= 11 is 0. The number of nitrogens with zero attached hydrogens (tertiary/aromatic N) is 1. The third kappa shape index (κ3) is 6.77. The van der Waals surface area contributed by atoms with Crippen LogP contribution in [0.4, 0.5) is 0 Å². The van der Waals surface area contributed by atoms with Crippen molar-refractivity contribution in [2.24, 2.45) is 0 Å². The number of carboxylic acid groups (broad SMARTS) is 1. The summed E-state index contributed by atoms with van der Waals surface area (Å²) in [4.78, 5) is 11.8. The number of carbonyl (C=O) groups is 1. The zero-order chi connectivity index (χ0) is 15.7. The van der Waals surface area contributed by atoms with Gasteiger partial charge in [0.25, 0.3) is 0 Å². The Labute approximate surface area is 139 Å². The van der Waals surface area contributed by atoms with Crippen molar-refractivity contribution in [2.75, 3.05) is 19.6 Å². The number of rotatable bonds is 4. The Bertz CT molecular complexity index is 417. The van der Waals surface area contributed by atoms with Gasteiger partial charge in [-0.3, -0.25) is 4.79 Å². The fourth-order valence-electron chi connectivity index (χ4n) is 2.50. The first-order valence-corrected chi connectivity index (χ1v) is 7.74. The van der Waals surface area contributed by atoms with Gasteiger partial charge in [-0.2, -0.15) is 0 Å². The number of likely N-dealkylation sites (tertiary alicyclic amines) is 1. The van der Waals surface area contributed by atoms with E-state index in [1.54, 1.807) is 6.92 Å². The normalized spacial score (nSPS) is 16.9. The molecule has 0 aliphatic carbocycles. The van der Waals surface area contributed by atoms with Crippen LogP contribution in [0.25, 0.3) is 0 Å². The molecule has 5 heteroatoms. The van der Waals surface area contributed by atoms with Gasteiger partial charge < -0.3 is 15.1 Å². The predicted octanol–water partition coefficient (Wildman–Crippen LogP) is 3.28. The first kappa shape index (κ1) is 20.9. The second-order valence-electron chi connectivity index (χ2n) is 5.49. The molecule has 1 aromatic carbocycles. The Morgan fingerprint density at radius 3 is 2.09 bits per heavy atom. The summed E-state index contributed by atoms with van der Waals surface area (Å²) in [5.41, 5.74) is 0.483. The van der Waals surface area contributed by atoms with Crippen molar-refractivity contribution in [1.29, 1.82) is 0 Å². The third-order valence-electron chi connectivity index (χ3n) is 3.84. The summed E-state index contributed by atoms with van der Waals surface area (Å²) in [7, 11) is 0. The van der Waals surface area contributed by atoms with Crippen LogP contribution in [0.5, 0.6) is 0 Å². The Balaban J connectivity index is 0.000000644. The molecule has 0 unspecified atom stereocenters. The van der Waals surface area contributed by atoms with Crippen LogP contribution in [-0.2, 0) is 10.4 Å². The summed E-state index contributed by atoms with van der Waals surface area (Å²) in [6.45, 7) is 6.99. The van der Waals surface area contributed by atoms with Crippen LogP contribution in [-0.4, -0.2) is 40.7 Å². The molecule has 0 spiro atoms. The molecule has 0 atom stereocenters. The van der Waals surface area contributed by atoms with Gasteiger partial charge in [0.15, 0.2) is 0 Å². The molecule has 1 aromatic rings. The molecule has 0 saturated carbocycles. The fourth-order valence-corrected chi connectivity index (χ4v) is 2.50. The molecular formula is C17H28ClNO3. The maximum Gasteiger partial charge on any atom is 0.303 e. The van der Waals surface area contributed by atoms with Crippen molar-refractivity contribution in [3.05, 3.63) is 35.9 Å². The van der Waals surface area contributed by atoms with E-state index in [0.717, 1.165) is 38.0 Å². The van der Waals surface area contributed by atoms with Gasteiger partial charge in [-0.1, -0.05) is 44.2 Å². The smallest absolute Gasteiger partial charge is 0.303 e. The van der Waals surface area contributed by atoms with E-state index in [1.165, 1.54) is 6.42 Å². The third-order valence-corrected chi connectivity index (χ3v) is 3.84. The molecule has 1 saturated heterocycles. The van der Waals surface area contributed by atoms with E-state index in [4.69, 9.17) is 5.11 Å². The van der Waals surface area contributed by atoms with Crippen molar-refractivity contribution in [3.8, 4) is 0 Å². The standard InChI is InChI=1S/C14H21NO.C3H6O2.ClH/c1-2-10-15-11-8-14(16,9-12-15)13-6-4-3-5-7-13;1-2-3(4)5;/h3-7,16H,2,8-12H2,1H3;2H2,1H3,(H,4,5);1H. The van der Waals surface area contributed by atoms with Crippen LogP contribution in [0.1, 0.15) is 45.1 Å². The summed E-state index contributed by atoms with van der Waals surface area (Å²) in [6.07, 6.45) is 3.14. The van der Waals surface area contributed by atoms with Crippen molar-refractivity contribution in [1.82, 2.24) is 4.90 Å². The van der Waals surface area contributed by atoms with Crippen LogP contribution in [0.2, 0.25) is 0 Å². The lowest BCUT2D eigenvalue weighted by atomic mass is 9.84. The lowest BCUT2D eigenvalue weighted by Crippen LogP contribution is -2.42. The van der Waals surface area contributed by atoms with E-state index in [-0.39, 0.29) is 18.8 Å². The summed E-state index contributed by atoms with van der Waals surface area (Å²) in [5.74, 6) is -0.745. The van der Waals surface area contributed by atoms with Gasteiger partial charge in [-0.15, -0.1) is 12.4 Å². The molecule has 22 heavy (non-hydrogen) atoms. The van der Waals surface area contributed by atoms with Crippen LogP contribution in [0.15, 0.2) is 30.3 Å². The average Bonchev–Trinajstić information content (AvgIpc) is 2.51. The number of benzene rings is 1. The highest BCUT2D eigenvalue weighted by Crippen LogP contribution is 2.32. The number of carboxylic acids is 1. The Hall–Kier alpha value is -1.10. The molecule has 4 nitrogen and oxygen atoms in total. The molecule has 0 amide bonds. The van der Waals surface area contributed by atoms with Gasteiger partial charge in [-0.25, -0.2) is 0 Å². The minimum absolute atomic E-state index is 0.